The highest BCUT2D eigenvalue weighted by atomic mass is 28.3. The van der Waals surface area contributed by atoms with Crippen molar-refractivity contribution >= 4 is 17.9 Å². The monoisotopic (exact) mass is 218 g/mol. The fourth-order valence-electron chi connectivity index (χ4n) is 1.68. The maximum atomic E-state index is 2.47. The molecule has 0 aliphatic rings. The van der Waals surface area contributed by atoms with Gasteiger partial charge in [-0.15, -0.1) is 0 Å². The fourth-order valence-corrected chi connectivity index (χ4v) is 8.92. The third-order valence-electron chi connectivity index (χ3n) is 3.70. The standard InChI is InChI=1S/C9H26N2Si2/c1-9(2,12(7)10(3)4)13(8)11(5)6/h12-13H,1-8H3. The average molecular weight is 218 g/mol. The van der Waals surface area contributed by atoms with Crippen LogP contribution in [0.4, 0.5) is 0 Å². The van der Waals surface area contributed by atoms with Crippen LogP contribution in [0.1, 0.15) is 13.8 Å². The van der Waals surface area contributed by atoms with Gasteiger partial charge in [0.15, 0.2) is 0 Å². The van der Waals surface area contributed by atoms with Crippen molar-refractivity contribution in [2.45, 2.75) is 31.6 Å². The molecule has 0 spiro atoms. The van der Waals surface area contributed by atoms with E-state index < -0.39 is 17.9 Å². The van der Waals surface area contributed by atoms with E-state index in [0.29, 0.717) is 4.66 Å². The Morgan fingerprint density at radius 3 is 1.15 bits per heavy atom. The molecule has 2 atom stereocenters. The van der Waals surface area contributed by atoms with Crippen LogP contribution in [0.3, 0.4) is 0 Å². The van der Waals surface area contributed by atoms with Crippen LogP contribution >= 0.6 is 0 Å². The molecule has 0 aromatic carbocycles. The first-order valence-corrected chi connectivity index (χ1v) is 9.53. The third-order valence-corrected chi connectivity index (χ3v) is 14.0. The Bertz CT molecular complexity index is 142. The molecule has 0 radical (unpaired) electrons. The van der Waals surface area contributed by atoms with Crippen molar-refractivity contribution in [3.8, 4) is 0 Å². The predicted octanol–water partition coefficient (Wildman–Crippen LogP) is 1.14. The molecule has 0 fully saturated rings. The first-order valence-electron chi connectivity index (χ1n) is 5.04. The predicted molar refractivity (Wildman–Crippen MR) is 67.4 cm³/mol. The second-order valence-corrected chi connectivity index (χ2v) is 13.5. The maximum Gasteiger partial charge on any atom is 0.112 e. The van der Waals surface area contributed by atoms with E-state index in [2.05, 4.69) is 64.3 Å². The van der Waals surface area contributed by atoms with Gasteiger partial charge in [0, 0.05) is 0 Å². The summed E-state index contributed by atoms with van der Waals surface area (Å²) in [6, 6.07) is 0. The summed E-state index contributed by atoms with van der Waals surface area (Å²) in [5.41, 5.74) is 0. The van der Waals surface area contributed by atoms with Crippen molar-refractivity contribution in [3.63, 3.8) is 0 Å². The van der Waals surface area contributed by atoms with Crippen LogP contribution in [0.5, 0.6) is 0 Å². The van der Waals surface area contributed by atoms with E-state index in [-0.39, 0.29) is 0 Å². The lowest BCUT2D eigenvalue weighted by Crippen LogP contribution is -2.51. The highest BCUT2D eigenvalue weighted by Crippen LogP contribution is 2.33. The summed E-state index contributed by atoms with van der Waals surface area (Å²) in [7, 11) is 7.44. The Labute approximate surface area is 87.3 Å². The summed E-state index contributed by atoms with van der Waals surface area (Å²) < 4.78 is 5.52. The summed E-state index contributed by atoms with van der Waals surface area (Å²) in [6.07, 6.45) is 0. The van der Waals surface area contributed by atoms with Gasteiger partial charge in [-0.1, -0.05) is 26.9 Å². The third kappa shape index (κ3) is 3.20. The Balaban J connectivity index is 4.54. The van der Waals surface area contributed by atoms with E-state index in [0.717, 1.165) is 0 Å². The second kappa shape index (κ2) is 4.73. The molecule has 0 aliphatic carbocycles. The second-order valence-electron chi connectivity index (χ2n) is 5.10. The zero-order valence-corrected chi connectivity index (χ0v) is 12.9. The van der Waals surface area contributed by atoms with Crippen molar-refractivity contribution in [3.05, 3.63) is 0 Å². The van der Waals surface area contributed by atoms with Gasteiger partial charge in [0.1, 0.15) is 17.9 Å². The molecule has 0 aliphatic heterocycles. The van der Waals surface area contributed by atoms with Gasteiger partial charge in [-0.3, -0.25) is 0 Å². The van der Waals surface area contributed by atoms with E-state index >= 15 is 0 Å². The Morgan fingerprint density at radius 2 is 1.00 bits per heavy atom. The van der Waals surface area contributed by atoms with Crippen LogP contribution in [0.25, 0.3) is 0 Å². The SMILES string of the molecule is CN(C)[SiH](C)C(C)(C)[SiH](C)N(C)C. The van der Waals surface area contributed by atoms with Gasteiger partial charge in [-0.05, 0) is 32.9 Å². The van der Waals surface area contributed by atoms with Crippen molar-refractivity contribution in [2.75, 3.05) is 28.2 Å². The first-order chi connectivity index (χ1) is 5.71. The molecule has 0 aromatic heterocycles. The van der Waals surface area contributed by atoms with E-state index in [9.17, 15) is 0 Å². The largest absolute Gasteiger partial charge is 0.331 e. The van der Waals surface area contributed by atoms with E-state index in [1.807, 2.05) is 0 Å². The highest BCUT2D eigenvalue weighted by Gasteiger charge is 2.36. The van der Waals surface area contributed by atoms with Crippen LogP contribution in [0.2, 0.25) is 17.8 Å². The Kier molecular flexibility index (Phi) is 4.86. The molecule has 2 unspecified atom stereocenters. The topological polar surface area (TPSA) is 6.48 Å². The van der Waals surface area contributed by atoms with Crippen molar-refractivity contribution in [2.24, 2.45) is 0 Å². The van der Waals surface area contributed by atoms with Crippen LogP contribution in [0.15, 0.2) is 0 Å². The van der Waals surface area contributed by atoms with Gasteiger partial charge < -0.3 is 9.13 Å². The minimum Gasteiger partial charge on any atom is -0.331 e. The van der Waals surface area contributed by atoms with Crippen molar-refractivity contribution in [1.29, 1.82) is 0 Å². The van der Waals surface area contributed by atoms with Crippen molar-refractivity contribution in [1.82, 2.24) is 9.13 Å². The van der Waals surface area contributed by atoms with Crippen LogP contribution in [-0.2, 0) is 0 Å². The quantitative estimate of drug-likeness (QED) is 0.653. The molecular formula is C9H26N2Si2. The number of nitrogens with zero attached hydrogens (tertiary/aromatic N) is 2. The fraction of sp³-hybridized carbons (Fsp3) is 1.00. The summed E-state index contributed by atoms with van der Waals surface area (Å²) in [5.74, 6) is 0. The minimum atomic E-state index is -0.745. The average Bonchev–Trinajstić information content (AvgIpc) is 2.01. The van der Waals surface area contributed by atoms with E-state index in [1.54, 1.807) is 0 Å². The Morgan fingerprint density at radius 1 is 0.769 bits per heavy atom. The van der Waals surface area contributed by atoms with Gasteiger partial charge in [-0.2, -0.15) is 0 Å². The van der Waals surface area contributed by atoms with Crippen LogP contribution in [0, 0.1) is 0 Å². The summed E-state index contributed by atoms with van der Waals surface area (Å²) in [4.78, 5) is 0. The van der Waals surface area contributed by atoms with Crippen molar-refractivity contribution < 1.29 is 0 Å². The van der Waals surface area contributed by atoms with E-state index in [1.165, 1.54) is 0 Å². The number of hydrogen-bond donors (Lipinski definition) is 0. The zero-order valence-electron chi connectivity index (χ0n) is 10.5. The number of rotatable bonds is 4. The summed E-state index contributed by atoms with van der Waals surface area (Å²) in [6.45, 7) is 9.85. The molecule has 0 amide bonds. The molecule has 0 rings (SSSR count). The van der Waals surface area contributed by atoms with Gasteiger partial charge in [0.2, 0.25) is 0 Å². The molecule has 4 heteroatoms. The minimum absolute atomic E-state index is 0.590. The summed E-state index contributed by atoms with van der Waals surface area (Å²) >= 11 is 0. The molecule has 0 bridgehead atoms. The zero-order chi connectivity index (χ0) is 10.8. The Hall–Kier alpha value is 0.354. The lowest BCUT2D eigenvalue weighted by atomic mass is 10.5. The molecule has 0 heterocycles. The highest BCUT2D eigenvalue weighted by molar-refractivity contribution is 6.78. The number of hydrogen-bond acceptors (Lipinski definition) is 2. The molecular weight excluding hydrogens is 192 g/mol. The molecule has 0 N–H and O–H groups in total. The lowest BCUT2D eigenvalue weighted by molar-refractivity contribution is 0.574. The van der Waals surface area contributed by atoms with Gasteiger partial charge in [-0.25, -0.2) is 0 Å². The first kappa shape index (κ1) is 13.4. The molecule has 0 saturated carbocycles. The molecule has 13 heavy (non-hydrogen) atoms. The van der Waals surface area contributed by atoms with E-state index in [4.69, 9.17) is 0 Å². The summed E-state index contributed by atoms with van der Waals surface area (Å²) in [5, 5.41) is 0. The van der Waals surface area contributed by atoms with Crippen LogP contribution < -0.4 is 0 Å². The molecule has 0 aromatic rings. The smallest absolute Gasteiger partial charge is 0.112 e. The van der Waals surface area contributed by atoms with Gasteiger partial charge >= 0.3 is 0 Å². The molecule has 2 nitrogen and oxygen atoms in total. The molecule has 80 valence electrons. The van der Waals surface area contributed by atoms with Gasteiger partial charge in [0.05, 0.1) is 0 Å². The normalized spacial score (nSPS) is 18.0. The lowest BCUT2D eigenvalue weighted by Gasteiger charge is -2.41. The maximum absolute atomic E-state index is 2.47. The van der Waals surface area contributed by atoms with Gasteiger partial charge in [0.25, 0.3) is 0 Å². The molecule has 0 saturated heterocycles. The van der Waals surface area contributed by atoms with Crippen LogP contribution in [-0.4, -0.2) is 55.2 Å².